The molecule has 2 rings (SSSR count). The third-order valence-electron chi connectivity index (χ3n) is 5.75. The number of Topliss-reactive ketones (excluding diaryl/α,β-unsaturated/α-hetero) is 1. The molecule has 0 radical (unpaired) electrons. The number of carboxylic acid groups (broad SMARTS) is 1. The quantitative estimate of drug-likeness (QED) is 0.713. The summed E-state index contributed by atoms with van der Waals surface area (Å²) < 4.78 is 0. The highest BCUT2D eigenvalue weighted by Gasteiger charge is 2.50. The van der Waals surface area contributed by atoms with Crippen molar-refractivity contribution in [3.63, 3.8) is 0 Å². The maximum absolute atomic E-state index is 12.9. The lowest BCUT2D eigenvalue weighted by Gasteiger charge is -2.41. The third-order valence-corrected chi connectivity index (χ3v) is 5.75. The molecule has 2 aliphatic carbocycles. The van der Waals surface area contributed by atoms with Gasteiger partial charge in [-0.1, -0.05) is 12.8 Å². The molecule has 5 nitrogen and oxygen atoms in total. The van der Waals surface area contributed by atoms with Crippen LogP contribution < -0.4 is 11.5 Å². The van der Waals surface area contributed by atoms with Crippen LogP contribution >= 0.6 is 0 Å². The lowest BCUT2D eigenvalue weighted by Crippen LogP contribution is -2.51. The van der Waals surface area contributed by atoms with Crippen LogP contribution in [0.1, 0.15) is 51.4 Å². The van der Waals surface area contributed by atoms with E-state index in [1.54, 1.807) is 0 Å². The highest BCUT2D eigenvalue weighted by molar-refractivity contribution is 5.90. The summed E-state index contributed by atoms with van der Waals surface area (Å²) in [5.41, 5.74) is 10.5. The van der Waals surface area contributed by atoms with Crippen molar-refractivity contribution in [2.24, 2.45) is 34.6 Å². The van der Waals surface area contributed by atoms with Crippen molar-refractivity contribution in [2.75, 3.05) is 13.1 Å². The molecule has 0 aromatic carbocycles. The van der Waals surface area contributed by atoms with E-state index in [2.05, 4.69) is 0 Å². The molecule has 5 heteroatoms. The van der Waals surface area contributed by atoms with E-state index in [1.165, 1.54) is 0 Å². The Morgan fingerprint density at radius 2 is 1.71 bits per heavy atom. The highest BCUT2D eigenvalue weighted by Crippen LogP contribution is 2.44. The van der Waals surface area contributed by atoms with E-state index in [4.69, 9.17) is 11.5 Å². The summed E-state index contributed by atoms with van der Waals surface area (Å²) in [7, 11) is 0. The zero-order chi connectivity index (χ0) is 15.5. The second-order valence-electron chi connectivity index (χ2n) is 6.82. The predicted molar refractivity (Wildman–Crippen MR) is 80.6 cm³/mol. The summed E-state index contributed by atoms with van der Waals surface area (Å²) in [5.74, 6) is -0.592. The van der Waals surface area contributed by atoms with E-state index >= 15 is 0 Å². The van der Waals surface area contributed by atoms with Crippen LogP contribution in [-0.4, -0.2) is 29.9 Å². The summed E-state index contributed by atoms with van der Waals surface area (Å²) in [5, 5.41) is 9.64. The number of hydrogen-bond acceptors (Lipinski definition) is 4. The summed E-state index contributed by atoms with van der Waals surface area (Å²) in [6.07, 6.45) is 6.70. The van der Waals surface area contributed by atoms with E-state index in [0.29, 0.717) is 25.3 Å². The molecule has 2 saturated carbocycles. The topological polar surface area (TPSA) is 106 Å². The zero-order valence-electron chi connectivity index (χ0n) is 12.7. The molecule has 21 heavy (non-hydrogen) atoms. The number of carbonyl (C=O) groups excluding carboxylic acids is 1. The molecule has 0 heterocycles. The SMILES string of the molecule is NCC1CCC(C(=O)C2CCCCC2(CN)C(=O)O)CC1. The first-order chi connectivity index (χ1) is 10.0. The van der Waals surface area contributed by atoms with Gasteiger partial charge in [-0.3, -0.25) is 9.59 Å². The van der Waals surface area contributed by atoms with Crippen LogP contribution in [0.2, 0.25) is 0 Å². The Bertz CT molecular complexity index is 391. The number of nitrogens with two attached hydrogens (primary N) is 2. The molecule has 2 atom stereocenters. The van der Waals surface area contributed by atoms with Crippen molar-refractivity contribution in [3.05, 3.63) is 0 Å². The molecule has 0 bridgehead atoms. The standard InChI is InChI=1S/C16H28N2O3/c17-9-11-4-6-12(7-5-11)14(19)13-3-1-2-8-16(13,10-18)15(20)21/h11-13H,1-10,17-18H2,(H,20,21). The van der Waals surface area contributed by atoms with Crippen LogP contribution in [-0.2, 0) is 9.59 Å². The average molecular weight is 296 g/mol. The monoisotopic (exact) mass is 296 g/mol. The van der Waals surface area contributed by atoms with Crippen LogP contribution in [0.5, 0.6) is 0 Å². The Hall–Kier alpha value is -0.940. The fourth-order valence-corrected chi connectivity index (χ4v) is 4.21. The van der Waals surface area contributed by atoms with Crippen molar-refractivity contribution >= 4 is 11.8 Å². The van der Waals surface area contributed by atoms with Crippen molar-refractivity contribution < 1.29 is 14.7 Å². The number of rotatable bonds is 5. The largest absolute Gasteiger partial charge is 0.481 e. The molecule has 0 saturated heterocycles. The van der Waals surface area contributed by atoms with Gasteiger partial charge in [0.05, 0.1) is 5.41 Å². The van der Waals surface area contributed by atoms with Crippen LogP contribution in [0.3, 0.4) is 0 Å². The van der Waals surface area contributed by atoms with Crippen molar-refractivity contribution in [2.45, 2.75) is 51.4 Å². The molecule has 0 aliphatic heterocycles. The summed E-state index contributed by atoms with van der Waals surface area (Å²) in [6, 6.07) is 0. The molecular formula is C16H28N2O3. The molecular weight excluding hydrogens is 268 g/mol. The van der Waals surface area contributed by atoms with Crippen molar-refractivity contribution in [1.29, 1.82) is 0 Å². The Morgan fingerprint density at radius 1 is 1.05 bits per heavy atom. The van der Waals surface area contributed by atoms with Gasteiger partial charge in [0.1, 0.15) is 5.78 Å². The van der Waals surface area contributed by atoms with E-state index in [-0.39, 0.29) is 18.2 Å². The molecule has 120 valence electrons. The first kappa shape index (κ1) is 16.4. The van der Waals surface area contributed by atoms with Gasteiger partial charge in [-0.25, -0.2) is 0 Å². The van der Waals surface area contributed by atoms with E-state index < -0.39 is 17.3 Å². The average Bonchev–Trinajstić information content (AvgIpc) is 2.53. The van der Waals surface area contributed by atoms with Crippen LogP contribution in [0.4, 0.5) is 0 Å². The third kappa shape index (κ3) is 3.14. The molecule has 5 N–H and O–H groups in total. The van der Waals surface area contributed by atoms with Gasteiger partial charge in [0.2, 0.25) is 0 Å². The first-order valence-electron chi connectivity index (χ1n) is 8.22. The minimum Gasteiger partial charge on any atom is -0.481 e. The van der Waals surface area contributed by atoms with Gasteiger partial charge in [0.15, 0.2) is 0 Å². The lowest BCUT2D eigenvalue weighted by atomic mass is 9.61. The Kier molecular flexibility index (Phi) is 5.38. The lowest BCUT2D eigenvalue weighted by molar-refractivity contribution is -0.159. The van der Waals surface area contributed by atoms with Gasteiger partial charge in [0, 0.05) is 18.4 Å². The van der Waals surface area contributed by atoms with Gasteiger partial charge < -0.3 is 16.6 Å². The normalized spacial score (nSPS) is 37.1. The minimum absolute atomic E-state index is 0.0150. The van der Waals surface area contributed by atoms with E-state index in [9.17, 15) is 14.7 Å². The Morgan fingerprint density at radius 3 is 2.24 bits per heavy atom. The van der Waals surface area contributed by atoms with Gasteiger partial charge in [-0.05, 0) is 51.0 Å². The fourth-order valence-electron chi connectivity index (χ4n) is 4.21. The number of carboxylic acids is 1. The maximum atomic E-state index is 12.9. The molecule has 2 unspecified atom stereocenters. The number of aliphatic carboxylic acids is 1. The van der Waals surface area contributed by atoms with Gasteiger partial charge in [-0.15, -0.1) is 0 Å². The van der Waals surface area contributed by atoms with E-state index in [0.717, 1.165) is 38.5 Å². The second kappa shape index (κ2) is 6.88. The number of carbonyl (C=O) groups is 2. The fraction of sp³-hybridized carbons (Fsp3) is 0.875. The molecule has 0 spiro atoms. The first-order valence-corrected chi connectivity index (χ1v) is 8.22. The van der Waals surface area contributed by atoms with Crippen LogP contribution in [0, 0.1) is 23.2 Å². The summed E-state index contributed by atoms with van der Waals surface area (Å²) in [4.78, 5) is 24.6. The van der Waals surface area contributed by atoms with Crippen molar-refractivity contribution in [3.8, 4) is 0 Å². The predicted octanol–water partition coefficient (Wildman–Crippen LogP) is 1.54. The van der Waals surface area contributed by atoms with Gasteiger partial charge in [-0.2, -0.15) is 0 Å². The molecule has 2 aliphatic rings. The molecule has 0 amide bonds. The zero-order valence-corrected chi connectivity index (χ0v) is 12.7. The van der Waals surface area contributed by atoms with Gasteiger partial charge >= 0.3 is 5.97 Å². The second-order valence-corrected chi connectivity index (χ2v) is 6.82. The molecule has 2 fully saturated rings. The number of hydrogen-bond donors (Lipinski definition) is 3. The Balaban J connectivity index is 2.10. The van der Waals surface area contributed by atoms with Gasteiger partial charge in [0.25, 0.3) is 0 Å². The minimum atomic E-state index is -1.03. The number of ketones is 1. The molecule has 0 aromatic rings. The Labute approximate surface area is 126 Å². The van der Waals surface area contributed by atoms with Crippen LogP contribution in [0.15, 0.2) is 0 Å². The highest BCUT2D eigenvalue weighted by atomic mass is 16.4. The van der Waals surface area contributed by atoms with Crippen molar-refractivity contribution in [1.82, 2.24) is 0 Å². The summed E-state index contributed by atoms with van der Waals surface area (Å²) >= 11 is 0. The van der Waals surface area contributed by atoms with E-state index in [1.807, 2.05) is 0 Å². The maximum Gasteiger partial charge on any atom is 0.311 e. The smallest absolute Gasteiger partial charge is 0.311 e. The summed E-state index contributed by atoms with van der Waals surface area (Å²) in [6.45, 7) is 0.753. The molecule has 0 aromatic heterocycles. The van der Waals surface area contributed by atoms with Crippen LogP contribution in [0.25, 0.3) is 0 Å².